The summed E-state index contributed by atoms with van der Waals surface area (Å²) in [6, 6.07) is 3.61. The summed E-state index contributed by atoms with van der Waals surface area (Å²) in [7, 11) is 0. The normalized spacial score (nSPS) is 12.6. The molecule has 0 saturated carbocycles. The maximum Gasteiger partial charge on any atom is 0.274 e. The lowest BCUT2D eigenvalue weighted by Gasteiger charge is -2.19. The lowest BCUT2D eigenvalue weighted by Crippen LogP contribution is -2.21. The first-order valence-electron chi connectivity index (χ1n) is 5.54. The molecule has 0 aliphatic heterocycles. The molecule has 5 heteroatoms. The average Bonchev–Trinajstić information content (AvgIpc) is 2.21. The second kappa shape index (κ2) is 5.49. The Kier molecular flexibility index (Phi) is 4.51. The first-order valence-corrected chi connectivity index (χ1v) is 6.33. The number of nitrogens with zero attached hydrogens (tertiary/aromatic N) is 1. The molecule has 0 aliphatic carbocycles. The van der Waals surface area contributed by atoms with E-state index in [0.29, 0.717) is 11.5 Å². The van der Waals surface area contributed by atoms with Crippen molar-refractivity contribution >= 4 is 27.3 Å². The second-order valence-electron chi connectivity index (χ2n) is 4.55. The Morgan fingerprint density at radius 2 is 1.94 bits per heavy atom. The number of benzene rings is 1. The summed E-state index contributed by atoms with van der Waals surface area (Å²) in [5, 5.41) is 14.1. The van der Waals surface area contributed by atoms with Crippen molar-refractivity contribution in [3.05, 3.63) is 32.3 Å². The summed E-state index contributed by atoms with van der Waals surface area (Å²) in [5.41, 5.74) is 1.57. The summed E-state index contributed by atoms with van der Waals surface area (Å²) in [6.45, 7) is 8.00. The van der Waals surface area contributed by atoms with E-state index in [0.717, 1.165) is 10.2 Å². The van der Waals surface area contributed by atoms with Crippen molar-refractivity contribution in [3.63, 3.8) is 0 Å². The first-order chi connectivity index (χ1) is 7.82. The van der Waals surface area contributed by atoms with Crippen molar-refractivity contribution in [1.82, 2.24) is 0 Å². The highest BCUT2D eigenvalue weighted by molar-refractivity contribution is 9.10. The standard InChI is InChI=1S/C12H17BrN2O2/c1-7(2)9(4)14-11-6-12(15(16)17)8(3)5-10(11)13/h5-7,9,14H,1-4H3. The Hall–Kier alpha value is -1.10. The number of halogens is 1. The number of hydrogen-bond donors (Lipinski definition) is 1. The minimum Gasteiger partial charge on any atom is -0.381 e. The van der Waals surface area contributed by atoms with Crippen LogP contribution in [0.25, 0.3) is 0 Å². The Bertz CT molecular complexity index is 433. The van der Waals surface area contributed by atoms with E-state index in [2.05, 4.69) is 42.0 Å². The average molecular weight is 301 g/mol. The molecule has 1 atom stereocenters. The van der Waals surface area contributed by atoms with Crippen LogP contribution >= 0.6 is 15.9 Å². The number of aryl methyl sites for hydroxylation is 1. The zero-order chi connectivity index (χ0) is 13.2. The predicted molar refractivity (Wildman–Crippen MR) is 73.5 cm³/mol. The Morgan fingerprint density at radius 3 is 2.41 bits per heavy atom. The van der Waals surface area contributed by atoms with E-state index in [1.165, 1.54) is 0 Å². The van der Waals surface area contributed by atoms with Crippen LogP contribution in [0.5, 0.6) is 0 Å². The molecule has 1 rings (SSSR count). The molecule has 0 heterocycles. The Morgan fingerprint density at radius 1 is 1.35 bits per heavy atom. The van der Waals surface area contributed by atoms with Gasteiger partial charge in [-0.1, -0.05) is 13.8 Å². The fraction of sp³-hybridized carbons (Fsp3) is 0.500. The molecule has 0 bridgehead atoms. The molecule has 17 heavy (non-hydrogen) atoms. The molecule has 0 aromatic heterocycles. The number of anilines is 1. The molecule has 0 amide bonds. The third-order valence-corrected chi connectivity index (χ3v) is 3.52. The van der Waals surface area contributed by atoms with Gasteiger partial charge in [0.15, 0.2) is 0 Å². The van der Waals surface area contributed by atoms with Crippen LogP contribution in [0.1, 0.15) is 26.3 Å². The van der Waals surface area contributed by atoms with Gasteiger partial charge in [0.25, 0.3) is 5.69 Å². The summed E-state index contributed by atoms with van der Waals surface area (Å²) >= 11 is 3.42. The maximum atomic E-state index is 10.9. The third-order valence-electron chi connectivity index (χ3n) is 2.87. The van der Waals surface area contributed by atoms with E-state index >= 15 is 0 Å². The van der Waals surface area contributed by atoms with E-state index in [-0.39, 0.29) is 16.7 Å². The van der Waals surface area contributed by atoms with Crippen LogP contribution in [0.4, 0.5) is 11.4 Å². The SMILES string of the molecule is Cc1cc(Br)c(NC(C)C(C)C)cc1[N+](=O)[O-]. The molecule has 0 aliphatic rings. The van der Waals surface area contributed by atoms with E-state index in [1.807, 2.05) is 0 Å². The van der Waals surface area contributed by atoms with Crippen LogP contribution < -0.4 is 5.32 Å². The molecule has 0 radical (unpaired) electrons. The van der Waals surface area contributed by atoms with Crippen molar-refractivity contribution in [2.45, 2.75) is 33.7 Å². The van der Waals surface area contributed by atoms with Crippen molar-refractivity contribution in [2.75, 3.05) is 5.32 Å². The lowest BCUT2D eigenvalue weighted by atomic mass is 10.1. The van der Waals surface area contributed by atoms with Gasteiger partial charge in [-0.2, -0.15) is 0 Å². The fourth-order valence-corrected chi connectivity index (χ4v) is 1.95. The molecule has 0 saturated heterocycles. The summed E-state index contributed by atoms with van der Waals surface area (Å²) in [5.74, 6) is 0.460. The number of nitro groups is 1. The molecular formula is C12H17BrN2O2. The monoisotopic (exact) mass is 300 g/mol. The minimum atomic E-state index is -0.354. The predicted octanol–water partition coefficient (Wildman–Crippen LogP) is 4.12. The van der Waals surface area contributed by atoms with Gasteiger partial charge in [0.1, 0.15) is 0 Å². The van der Waals surface area contributed by atoms with Gasteiger partial charge >= 0.3 is 0 Å². The number of nitro benzene ring substituents is 1. The van der Waals surface area contributed by atoms with Gasteiger partial charge in [-0.25, -0.2) is 0 Å². The Labute approximate surface area is 110 Å². The molecule has 4 nitrogen and oxygen atoms in total. The number of hydrogen-bond acceptors (Lipinski definition) is 3. The van der Waals surface area contributed by atoms with E-state index in [9.17, 15) is 10.1 Å². The summed E-state index contributed by atoms with van der Waals surface area (Å²) in [6.07, 6.45) is 0. The second-order valence-corrected chi connectivity index (χ2v) is 5.41. The molecule has 1 N–H and O–H groups in total. The van der Waals surface area contributed by atoms with Crippen LogP contribution in [-0.2, 0) is 0 Å². The van der Waals surface area contributed by atoms with Gasteiger partial charge in [-0.15, -0.1) is 0 Å². The highest BCUT2D eigenvalue weighted by atomic mass is 79.9. The van der Waals surface area contributed by atoms with E-state index in [1.54, 1.807) is 19.1 Å². The quantitative estimate of drug-likeness (QED) is 0.672. The van der Waals surface area contributed by atoms with Gasteiger partial charge in [-0.05, 0) is 41.8 Å². The molecule has 94 valence electrons. The van der Waals surface area contributed by atoms with Gasteiger partial charge < -0.3 is 5.32 Å². The summed E-state index contributed by atoms with van der Waals surface area (Å²) < 4.78 is 0.855. The Balaban J connectivity index is 3.08. The van der Waals surface area contributed by atoms with Crippen molar-refractivity contribution in [1.29, 1.82) is 0 Å². The van der Waals surface area contributed by atoms with Crippen LogP contribution in [0, 0.1) is 23.0 Å². The largest absolute Gasteiger partial charge is 0.381 e. The smallest absolute Gasteiger partial charge is 0.274 e. The van der Waals surface area contributed by atoms with Gasteiger partial charge in [0.05, 0.1) is 10.6 Å². The molecular weight excluding hydrogens is 284 g/mol. The molecule has 0 fully saturated rings. The molecule has 1 unspecified atom stereocenters. The fourth-order valence-electron chi connectivity index (χ4n) is 1.38. The van der Waals surface area contributed by atoms with Crippen molar-refractivity contribution in [2.24, 2.45) is 5.92 Å². The van der Waals surface area contributed by atoms with E-state index in [4.69, 9.17) is 0 Å². The maximum absolute atomic E-state index is 10.9. The van der Waals surface area contributed by atoms with Crippen molar-refractivity contribution < 1.29 is 4.92 Å². The number of rotatable bonds is 4. The van der Waals surface area contributed by atoms with Crippen molar-refractivity contribution in [3.8, 4) is 0 Å². The van der Waals surface area contributed by atoms with E-state index < -0.39 is 0 Å². The minimum absolute atomic E-state index is 0.145. The molecule has 0 spiro atoms. The zero-order valence-electron chi connectivity index (χ0n) is 10.5. The summed E-state index contributed by atoms with van der Waals surface area (Å²) in [4.78, 5) is 10.5. The highest BCUT2D eigenvalue weighted by Crippen LogP contribution is 2.31. The van der Waals surface area contributed by atoms with Gasteiger partial charge in [-0.3, -0.25) is 10.1 Å². The van der Waals surface area contributed by atoms with Crippen LogP contribution in [-0.4, -0.2) is 11.0 Å². The van der Waals surface area contributed by atoms with Gasteiger partial charge in [0.2, 0.25) is 0 Å². The molecule has 1 aromatic rings. The third kappa shape index (κ3) is 3.43. The van der Waals surface area contributed by atoms with Gasteiger partial charge in [0, 0.05) is 22.1 Å². The zero-order valence-corrected chi connectivity index (χ0v) is 12.0. The lowest BCUT2D eigenvalue weighted by molar-refractivity contribution is -0.385. The number of nitrogens with one attached hydrogen (secondary N) is 1. The van der Waals surface area contributed by atoms with Crippen LogP contribution in [0.3, 0.4) is 0 Å². The first kappa shape index (κ1) is 14.0. The van der Waals surface area contributed by atoms with Crippen LogP contribution in [0.15, 0.2) is 16.6 Å². The topological polar surface area (TPSA) is 55.2 Å². The molecule has 1 aromatic carbocycles. The van der Waals surface area contributed by atoms with Crippen LogP contribution in [0.2, 0.25) is 0 Å². The highest BCUT2D eigenvalue weighted by Gasteiger charge is 2.16.